The highest BCUT2D eigenvalue weighted by Gasteiger charge is 2.25. The van der Waals surface area contributed by atoms with E-state index in [1.807, 2.05) is 0 Å². The number of sulfonamides is 1. The molecule has 1 aromatic rings. The summed E-state index contributed by atoms with van der Waals surface area (Å²) in [6.07, 6.45) is 1.47. The number of ether oxygens (including phenoxy) is 1. The Kier molecular flexibility index (Phi) is 6.47. The van der Waals surface area contributed by atoms with Crippen molar-refractivity contribution in [2.75, 3.05) is 26.8 Å². The van der Waals surface area contributed by atoms with Gasteiger partial charge < -0.3 is 9.84 Å². The molecule has 0 fully saturated rings. The van der Waals surface area contributed by atoms with Gasteiger partial charge >= 0.3 is 0 Å². The molecule has 0 atom stereocenters. The molecule has 118 valence electrons. The number of rotatable bonds is 8. The molecule has 0 aliphatic carbocycles. The third-order valence-electron chi connectivity index (χ3n) is 2.99. The second kappa shape index (κ2) is 7.65. The molecule has 7 heteroatoms. The first-order valence-electron chi connectivity index (χ1n) is 6.38. The summed E-state index contributed by atoms with van der Waals surface area (Å²) in [7, 11) is -2.33. The maximum Gasteiger partial charge on any atom is 0.243 e. The van der Waals surface area contributed by atoms with Gasteiger partial charge in [-0.3, -0.25) is 0 Å². The van der Waals surface area contributed by atoms with E-state index in [1.165, 1.54) is 30.5 Å². The molecule has 5 nitrogen and oxygen atoms in total. The van der Waals surface area contributed by atoms with Crippen LogP contribution in [0.4, 0.5) is 4.39 Å². The van der Waals surface area contributed by atoms with Crippen molar-refractivity contribution >= 4 is 10.0 Å². The second-order valence-electron chi connectivity index (χ2n) is 4.52. The first-order valence-corrected chi connectivity index (χ1v) is 7.82. The van der Waals surface area contributed by atoms with Crippen LogP contribution in [0.15, 0.2) is 29.7 Å². The Morgan fingerprint density at radius 2 is 2.14 bits per heavy atom. The Morgan fingerprint density at radius 3 is 2.67 bits per heavy atom. The second-order valence-corrected chi connectivity index (χ2v) is 6.45. The van der Waals surface area contributed by atoms with Crippen LogP contribution in [0.3, 0.4) is 0 Å². The van der Waals surface area contributed by atoms with Gasteiger partial charge in [0.05, 0.1) is 18.1 Å². The van der Waals surface area contributed by atoms with Crippen LogP contribution in [0.5, 0.6) is 0 Å². The van der Waals surface area contributed by atoms with Crippen LogP contribution in [-0.4, -0.2) is 44.6 Å². The molecular formula is C14H20FNO4S. The summed E-state index contributed by atoms with van der Waals surface area (Å²) in [6, 6.07) is 2.41. The zero-order valence-corrected chi connectivity index (χ0v) is 13.0. The number of hydrogen-bond acceptors (Lipinski definition) is 4. The summed E-state index contributed by atoms with van der Waals surface area (Å²) in [5.74, 6) is -0.594. The highest BCUT2D eigenvalue weighted by Crippen LogP contribution is 2.22. The quantitative estimate of drug-likeness (QED) is 0.737. The SMILES string of the molecule is C=CCN(CCOC)S(=O)(=O)c1cc(C)c(F)c(CO)c1. The number of halogens is 1. The predicted octanol–water partition coefficient (Wildman–Crippen LogP) is 1.45. The average Bonchev–Trinajstić information content (AvgIpc) is 2.45. The number of hydrogen-bond donors (Lipinski definition) is 1. The number of aliphatic hydroxyl groups excluding tert-OH is 1. The lowest BCUT2D eigenvalue weighted by molar-refractivity contribution is 0.182. The van der Waals surface area contributed by atoms with E-state index in [-0.39, 0.29) is 35.7 Å². The molecule has 0 aromatic heterocycles. The van der Waals surface area contributed by atoms with Crippen molar-refractivity contribution in [2.45, 2.75) is 18.4 Å². The minimum atomic E-state index is -3.80. The molecule has 1 aromatic carbocycles. The van der Waals surface area contributed by atoms with Crippen LogP contribution in [0.25, 0.3) is 0 Å². The highest BCUT2D eigenvalue weighted by molar-refractivity contribution is 7.89. The average molecular weight is 317 g/mol. The smallest absolute Gasteiger partial charge is 0.243 e. The third-order valence-corrected chi connectivity index (χ3v) is 4.83. The van der Waals surface area contributed by atoms with Crippen LogP contribution in [0, 0.1) is 12.7 Å². The lowest BCUT2D eigenvalue weighted by Crippen LogP contribution is -2.34. The number of aryl methyl sites for hydroxylation is 1. The van der Waals surface area contributed by atoms with E-state index in [1.54, 1.807) is 0 Å². The van der Waals surface area contributed by atoms with Gasteiger partial charge in [-0.25, -0.2) is 12.8 Å². The Labute approximate surface area is 124 Å². The summed E-state index contributed by atoms with van der Waals surface area (Å²) in [4.78, 5) is -0.0524. The van der Waals surface area contributed by atoms with Crippen molar-refractivity contribution in [2.24, 2.45) is 0 Å². The topological polar surface area (TPSA) is 66.8 Å². The summed E-state index contributed by atoms with van der Waals surface area (Å²) >= 11 is 0. The van der Waals surface area contributed by atoms with E-state index < -0.39 is 22.4 Å². The molecule has 0 radical (unpaired) electrons. The molecule has 0 saturated heterocycles. The van der Waals surface area contributed by atoms with Gasteiger partial charge in [0, 0.05) is 25.8 Å². The molecule has 0 bridgehead atoms. The fraction of sp³-hybridized carbons (Fsp3) is 0.429. The van der Waals surface area contributed by atoms with E-state index in [9.17, 15) is 12.8 Å². The maximum atomic E-state index is 13.7. The summed E-state index contributed by atoms with van der Waals surface area (Å²) in [6.45, 7) is 4.95. The monoisotopic (exact) mass is 317 g/mol. The van der Waals surface area contributed by atoms with Gasteiger partial charge in [-0.05, 0) is 24.6 Å². The van der Waals surface area contributed by atoms with Crippen LogP contribution < -0.4 is 0 Å². The van der Waals surface area contributed by atoms with Crippen LogP contribution in [0.2, 0.25) is 0 Å². The first kappa shape index (κ1) is 17.8. The van der Waals surface area contributed by atoms with E-state index in [0.717, 1.165) is 6.07 Å². The van der Waals surface area contributed by atoms with Crippen LogP contribution in [-0.2, 0) is 21.4 Å². The van der Waals surface area contributed by atoms with Crippen molar-refractivity contribution in [3.8, 4) is 0 Å². The number of nitrogens with zero attached hydrogens (tertiary/aromatic N) is 1. The zero-order chi connectivity index (χ0) is 16.0. The normalized spacial score (nSPS) is 11.9. The molecule has 0 unspecified atom stereocenters. The molecule has 21 heavy (non-hydrogen) atoms. The Bertz CT molecular complexity index is 601. The highest BCUT2D eigenvalue weighted by atomic mass is 32.2. The van der Waals surface area contributed by atoms with Gasteiger partial charge in [0.1, 0.15) is 5.82 Å². The number of aliphatic hydroxyl groups is 1. The Balaban J connectivity index is 3.27. The van der Waals surface area contributed by atoms with E-state index >= 15 is 0 Å². The third kappa shape index (κ3) is 4.10. The Morgan fingerprint density at radius 1 is 1.48 bits per heavy atom. The van der Waals surface area contributed by atoms with Crippen LogP contribution in [0.1, 0.15) is 11.1 Å². The molecule has 1 rings (SSSR count). The predicted molar refractivity (Wildman–Crippen MR) is 77.9 cm³/mol. The molecule has 0 saturated carbocycles. The van der Waals surface area contributed by atoms with Gasteiger partial charge in [-0.1, -0.05) is 6.08 Å². The van der Waals surface area contributed by atoms with Gasteiger partial charge in [0.15, 0.2) is 0 Å². The molecule has 0 aliphatic rings. The van der Waals surface area contributed by atoms with Crippen molar-refractivity contribution in [3.63, 3.8) is 0 Å². The van der Waals surface area contributed by atoms with E-state index in [2.05, 4.69) is 6.58 Å². The van der Waals surface area contributed by atoms with Gasteiger partial charge in [0.2, 0.25) is 10.0 Å². The molecule has 0 heterocycles. The van der Waals surface area contributed by atoms with Gasteiger partial charge in [0.25, 0.3) is 0 Å². The lowest BCUT2D eigenvalue weighted by atomic mass is 10.1. The summed E-state index contributed by atoms with van der Waals surface area (Å²) in [5.41, 5.74) is 0.129. The molecule has 1 N–H and O–H groups in total. The fourth-order valence-electron chi connectivity index (χ4n) is 1.87. The van der Waals surface area contributed by atoms with Gasteiger partial charge in [-0.15, -0.1) is 6.58 Å². The Hall–Kier alpha value is -1.28. The summed E-state index contributed by atoms with van der Waals surface area (Å²) < 4.78 is 45.0. The minimum absolute atomic E-state index is 0.0427. The van der Waals surface area contributed by atoms with E-state index in [0.29, 0.717) is 0 Å². The van der Waals surface area contributed by atoms with Crippen molar-refractivity contribution in [1.29, 1.82) is 0 Å². The molecule has 0 spiro atoms. The van der Waals surface area contributed by atoms with Crippen LogP contribution >= 0.6 is 0 Å². The molecule has 0 aliphatic heterocycles. The van der Waals surface area contributed by atoms with Crippen molar-refractivity contribution < 1.29 is 22.7 Å². The van der Waals surface area contributed by atoms with Gasteiger partial charge in [-0.2, -0.15) is 4.31 Å². The summed E-state index contributed by atoms with van der Waals surface area (Å²) in [5, 5.41) is 9.13. The minimum Gasteiger partial charge on any atom is -0.392 e. The number of benzene rings is 1. The largest absolute Gasteiger partial charge is 0.392 e. The fourth-order valence-corrected chi connectivity index (χ4v) is 3.40. The first-order chi connectivity index (χ1) is 9.88. The van der Waals surface area contributed by atoms with E-state index in [4.69, 9.17) is 9.84 Å². The molecule has 0 amide bonds. The van der Waals surface area contributed by atoms with Crippen molar-refractivity contribution in [3.05, 3.63) is 41.7 Å². The number of methoxy groups -OCH3 is 1. The zero-order valence-electron chi connectivity index (χ0n) is 12.2. The van der Waals surface area contributed by atoms with Crippen molar-refractivity contribution in [1.82, 2.24) is 4.31 Å². The molecular weight excluding hydrogens is 297 g/mol. The lowest BCUT2D eigenvalue weighted by Gasteiger charge is -2.21. The standard InChI is InChI=1S/C14H20FNO4S/c1-4-5-16(6-7-20-3)21(18,19)13-8-11(2)14(15)12(9-13)10-17/h4,8-9,17H,1,5-7,10H2,2-3H3. The maximum absolute atomic E-state index is 13.7.